The van der Waals surface area contributed by atoms with E-state index in [0.717, 1.165) is 5.56 Å². The molecular formula is C11H16FNO2. The predicted octanol–water partition coefficient (Wildman–Crippen LogP) is 1.91. The molecule has 4 heteroatoms. The van der Waals surface area contributed by atoms with Gasteiger partial charge in [0.2, 0.25) is 0 Å². The fraction of sp³-hybridized carbons (Fsp3) is 0.545. The second kappa shape index (κ2) is 5.19. The Morgan fingerprint density at radius 1 is 1.53 bits per heavy atom. The molecule has 3 nitrogen and oxygen atoms in total. The Labute approximate surface area is 88.9 Å². The van der Waals surface area contributed by atoms with Gasteiger partial charge in [0.25, 0.3) is 0 Å². The Hall–Kier alpha value is -1.00. The molecule has 0 aliphatic rings. The molecule has 0 fully saturated rings. The van der Waals surface area contributed by atoms with E-state index in [1.54, 1.807) is 20.0 Å². The lowest BCUT2D eigenvalue weighted by Gasteiger charge is -2.12. The van der Waals surface area contributed by atoms with Gasteiger partial charge in [-0.3, -0.25) is 4.98 Å². The Bertz CT molecular complexity index is 342. The van der Waals surface area contributed by atoms with Crippen LogP contribution < -0.4 is 0 Å². The van der Waals surface area contributed by atoms with Crippen LogP contribution in [0.1, 0.15) is 29.3 Å². The molecule has 0 aromatic carbocycles. The molecular weight excluding hydrogens is 197 g/mol. The van der Waals surface area contributed by atoms with E-state index in [1.165, 1.54) is 7.11 Å². The normalized spacial score (nSPS) is 12.9. The van der Waals surface area contributed by atoms with Gasteiger partial charge in [-0.1, -0.05) is 0 Å². The first-order valence-corrected chi connectivity index (χ1v) is 4.86. The van der Waals surface area contributed by atoms with E-state index >= 15 is 0 Å². The Balaban J connectivity index is 2.90. The van der Waals surface area contributed by atoms with Crippen molar-refractivity contribution in [1.29, 1.82) is 0 Å². The average molecular weight is 213 g/mol. The van der Waals surface area contributed by atoms with Crippen molar-refractivity contribution in [3.63, 3.8) is 0 Å². The number of aromatic nitrogens is 1. The molecule has 1 rings (SSSR count). The minimum Gasteiger partial charge on any atom is -0.387 e. The van der Waals surface area contributed by atoms with Crippen molar-refractivity contribution in [2.24, 2.45) is 0 Å². The van der Waals surface area contributed by atoms with E-state index in [0.29, 0.717) is 18.6 Å². The number of aliphatic hydroxyl groups excluding tert-OH is 1. The lowest BCUT2D eigenvalue weighted by molar-refractivity contribution is 0.105. The smallest absolute Gasteiger partial charge is 0.150 e. The van der Waals surface area contributed by atoms with Gasteiger partial charge in [-0.2, -0.15) is 0 Å². The number of methoxy groups -OCH3 is 1. The van der Waals surface area contributed by atoms with Crippen molar-refractivity contribution < 1.29 is 14.2 Å². The molecule has 0 spiro atoms. The van der Waals surface area contributed by atoms with Gasteiger partial charge in [0.1, 0.15) is 11.8 Å². The maximum absolute atomic E-state index is 13.7. The third-order valence-corrected chi connectivity index (χ3v) is 2.45. The number of aryl methyl sites for hydroxylation is 1. The lowest BCUT2D eigenvalue weighted by Crippen LogP contribution is -2.08. The van der Waals surface area contributed by atoms with Crippen molar-refractivity contribution >= 4 is 0 Å². The predicted molar refractivity (Wildman–Crippen MR) is 55.1 cm³/mol. The molecule has 0 saturated carbocycles. The van der Waals surface area contributed by atoms with E-state index < -0.39 is 11.9 Å². The molecule has 0 aliphatic heterocycles. The highest BCUT2D eigenvalue weighted by Gasteiger charge is 2.16. The van der Waals surface area contributed by atoms with Crippen molar-refractivity contribution in [2.45, 2.75) is 26.4 Å². The van der Waals surface area contributed by atoms with Crippen molar-refractivity contribution in [3.8, 4) is 0 Å². The summed E-state index contributed by atoms with van der Waals surface area (Å²) in [5, 5.41) is 9.67. The van der Waals surface area contributed by atoms with Crippen molar-refractivity contribution in [2.75, 3.05) is 13.7 Å². The Kier molecular flexibility index (Phi) is 4.17. The highest BCUT2D eigenvalue weighted by molar-refractivity contribution is 5.27. The highest BCUT2D eigenvalue weighted by Crippen LogP contribution is 2.21. The standard InChI is InChI=1S/C11H16FNO2/c1-7-6-13-11(10(12)8(7)2)9(14)4-5-15-3/h6,9,14H,4-5H2,1-3H3. The summed E-state index contributed by atoms with van der Waals surface area (Å²) in [6.07, 6.45) is 1.02. The van der Waals surface area contributed by atoms with Gasteiger partial charge in [0.15, 0.2) is 5.82 Å². The molecule has 1 aromatic heterocycles. The van der Waals surface area contributed by atoms with E-state index in [4.69, 9.17) is 4.74 Å². The van der Waals surface area contributed by atoms with E-state index in [-0.39, 0.29) is 5.69 Å². The third kappa shape index (κ3) is 2.73. The topological polar surface area (TPSA) is 42.4 Å². The molecule has 0 amide bonds. The average Bonchev–Trinajstić information content (AvgIpc) is 2.23. The molecule has 15 heavy (non-hydrogen) atoms. The fourth-order valence-corrected chi connectivity index (χ4v) is 1.28. The molecule has 0 bridgehead atoms. The van der Waals surface area contributed by atoms with Crippen LogP contribution >= 0.6 is 0 Å². The zero-order chi connectivity index (χ0) is 11.4. The minimum atomic E-state index is -0.899. The summed E-state index contributed by atoms with van der Waals surface area (Å²) in [4.78, 5) is 3.91. The molecule has 1 atom stereocenters. The Morgan fingerprint density at radius 2 is 2.20 bits per heavy atom. The summed E-state index contributed by atoms with van der Waals surface area (Å²) in [6.45, 7) is 3.85. The minimum absolute atomic E-state index is 0.107. The van der Waals surface area contributed by atoms with Crippen LogP contribution in [-0.2, 0) is 4.74 Å². The van der Waals surface area contributed by atoms with Gasteiger partial charge in [-0.05, 0) is 25.0 Å². The first kappa shape index (κ1) is 12.1. The number of rotatable bonds is 4. The van der Waals surface area contributed by atoms with Crippen LogP contribution in [0, 0.1) is 19.7 Å². The maximum atomic E-state index is 13.7. The zero-order valence-electron chi connectivity index (χ0n) is 9.25. The van der Waals surface area contributed by atoms with Crippen LogP contribution in [0.25, 0.3) is 0 Å². The van der Waals surface area contributed by atoms with Crippen LogP contribution in [0.3, 0.4) is 0 Å². The molecule has 0 aliphatic carbocycles. The van der Waals surface area contributed by atoms with Crippen LogP contribution in [0.2, 0.25) is 0 Å². The maximum Gasteiger partial charge on any atom is 0.150 e. The summed E-state index contributed by atoms with van der Waals surface area (Å²) >= 11 is 0. The molecule has 1 unspecified atom stereocenters. The third-order valence-electron chi connectivity index (χ3n) is 2.45. The van der Waals surface area contributed by atoms with Gasteiger partial charge in [0, 0.05) is 26.3 Å². The zero-order valence-corrected chi connectivity index (χ0v) is 9.25. The Morgan fingerprint density at radius 3 is 2.80 bits per heavy atom. The van der Waals surface area contributed by atoms with Gasteiger partial charge < -0.3 is 9.84 Å². The number of hydrogen-bond acceptors (Lipinski definition) is 3. The van der Waals surface area contributed by atoms with Crippen molar-refractivity contribution in [3.05, 3.63) is 28.8 Å². The van der Waals surface area contributed by atoms with Crippen LogP contribution in [0.4, 0.5) is 4.39 Å². The number of hydrogen-bond donors (Lipinski definition) is 1. The van der Waals surface area contributed by atoms with Gasteiger partial charge in [0.05, 0.1) is 0 Å². The number of halogens is 1. The summed E-state index contributed by atoms with van der Waals surface area (Å²) < 4.78 is 18.5. The van der Waals surface area contributed by atoms with Crippen molar-refractivity contribution in [1.82, 2.24) is 4.98 Å². The second-order valence-electron chi connectivity index (χ2n) is 3.56. The first-order chi connectivity index (χ1) is 7.07. The second-order valence-corrected chi connectivity index (χ2v) is 3.56. The summed E-state index contributed by atoms with van der Waals surface area (Å²) in [7, 11) is 1.54. The quantitative estimate of drug-likeness (QED) is 0.830. The highest BCUT2D eigenvalue weighted by atomic mass is 19.1. The molecule has 1 N–H and O–H groups in total. The molecule has 1 aromatic rings. The summed E-state index contributed by atoms with van der Waals surface area (Å²) in [6, 6.07) is 0. The SMILES string of the molecule is COCCC(O)c1ncc(C)c(C)c1F. The van der Waals surface area contributed by atoms with E-state index in [2.05, 4.69) is 4.98 Å². The van der Waals surface area contributed by atoms with Gasteiger partial charge in [-0.15, -0.1) is 0 Å². The number of aliphatic hydroxyl groups is 1. The van der Waals surface area contributed by atoms with Crippen LogP contribution in [0.15, 0.2) is 6.20 Å². The number of nitrogens with zero attached hydrogens (tertiary/aromatic N) is 1. The number of pyridine rings is 1. The van der Waals surface area contributed by atoms with Crippen LogP contribution in [0.5, 0.6) is 0 Å². The molecule has 0 radical (unpaired) electrons. The monoisotopic (exact) mass is 213 g/mol. The first-order valence-electron chi connectivity index (χ1n) is 4.86. The molecule has 1 heterocycles. The van der Waals surface area contributed by atoms with E-state index in [1.807, 2.05) is 0 Å². The van der Waals surface area contributed by atoms with Crippen LogP contribution in [-0.4, -0.2) is 23.8 Å². The molecule has 0 saturated heterocycles. The van der Waals surface area contributed by atoms with E-state index in [9.17, 15) is 9.50 Å². The fourth-order valence-electron chi connectivity index (χ4n) is 1.28. The summed E-state index contributed by atoms with van der Waals surface area (Å²) in [5.41, 5.74) is 1.43. The lowest BCUT2D eigenvalue weighted by atomic mass is 10.1. The number of ether oxygens (including phenoxy) is 1. The molecule has 84 valence electrons. The van der Waals surface area contributed by atoms with Gasteiger partial charge >= 0.3 is 0 Å². The van der Waals surface area contributed by atoms with Gasteiger partial charge in [-0.25, -0.2) is 4.39 Å². The summed E-state index contributed by atoms with van der Waals surface area (Å²) in [5.74, 6) is -0.418. The largest absolute Gasteiger partial charge is 0.387 e.